The molecule has 0 fully saturated rings. The van der Waals surface area contributed by atoms with Crippen LogP contribution < -0.4 is 15.5 Å². The van der Waals surface area contributed by atoms with Crippen molar-refractivity contribution in [2.45, 2.75) is 26.7 Å². The van der Waals surface area contributed by atoms with Gasteiger partial charge in [0.1, 0.15) is 17.3 Å². The lowest BCUT2D eigenvalue weighted by molar-refractivity contribution is -0.116. The Labute approximate surface area is 177 Å². The van der Waals surface area contributed by atoms with Gasteiger partial charge in [-0.3, -0.25) is 9.59 Å². The van der Waals surface area contributed by atoms with Gasteiger partial charge in [-0.2, -0.15) is 5.10 Å². The predicted octanol–water partition coefficient (Wildman–Crippen LogP) is 4.72. The molecule has 1 amide bonds. The van der Waals surface area contributed by atoms with E-state index in [1.54, 1.807) is 43.0 Å². The molecular formula is C22H22BrN3O3. The van der Waals surface area contributed by atoms with Crippen LogP contribution in [0.25, 0.3) is 16.8 Å². The molecule has 29 heavy (non-hydrogen) atoms. The number of benzene rings is 2. The van der Waals surface area contributed by atoms with Crippen LogP contribution in [0.4, 0.5) is 5.82 Å². The summed E-state index contributed by atoms with van der Waals surface area (Å²) >= 11 is 3.43. The van der Waals surface area contributed by atoms with Crippen LogP contribution in [0.3, 0.4) is 0 Å². The lowest BCUT2D eigenvalue weighted by atomic mass is 10.0. The third-order valence-corrected chi connectivity index (χ3v) is 4.97. The highest BCUT2D eigenvalue weighted by atomic mass is 79.9. The number of aromatic nitrogens is 2. The van der Waals surface area contributed by atoms with Gasteiger partial charge >= 0.3 is 0 Å². The Bertz CT molecular complexity index is 1070. The first kappa shape index (κ1) is 20.8. The summed E-state index contributed by atoms with van der Waals surface area (Å²) in [5, 5.41) is 7.36. The Morgan fingerprint density at radius 3 is 2.38 bits per heavy atom. The second-order valence-electron chi connectivity index (χ2n) is 6.55. The summed E-state index contributed by atoms with van der Waals surface area (Å²) in [6.07, 6.45) is 1.05. The number of aryl methyl sites for hydroxylation is 1. The van der Waals surface area contributed by atoms with Crippen LogP contribution >= 0.6 is 15.9 Å². The van der Waals surface area contributed by atoms with Crippen LogP contribution in [0.2, 0.25) is 0 Å². The van der Waals surface area contributed by atoms with Gasteiger partial charge in [0.2, 0.25) is 11.3 Å². The number of carbonyl (C=O) groups excluding carboxylic acids is 1. The number of amides is 1. The lowest BCUT2D eigenvalue weighted by Crippen LogP contribution is -2.24. The third-order valence-electron chi connectivity index (χ3n) is 4.44. The number of carbonyl (C=O) groups is 1. The lowest BCUT2D eigenvalue weighted by Gasteiger charge is -2.18. The minimum absolute atomic E-state index is 0.168. The zero-order chi connectivity index (χ0) is 21.0. The van der Waals surface area contributed by atoms with Gasteiger partial charge in [0.25, 0.3) is 0 Å². The smallest absolute Gasteiger partial charge is 0.225 e. The van der Waals surface area contributed by atoms with Crippen molar-refractivity contribution in [3.8, 4) is 22.6 Å². The van der Waals surface area contributed by atoms with E-state index >= 15 is 0 Å². The number of nitrogens with zero attached hydrogens (tertiary/aromatic N) is 2. The summed E-state index contributed by atoms with van der Waals surface area (Å²) in [7, 11) is 1.59. The molecule has 0 unspecified atom stereocenters. The summed E-state index contributed by atoms with van der Waals surface area (Å²) in [6.45, 7) is 3.60. The number of anilines is 1. The van der Waals surface area contributed by atoms with E-state index in [1.807, 2.05) is 31.2 Å². The van der Waals surface area contributed by atoms with Crippen LogP contribution in [-0.4, -0.2) is 22.8 Å². The molecule has 0 aliphatic carbocycles. The monoisotopic (exact) mass is 455 g/mol. The summed E-state index contributed by atoms with van der Waals surface area (Å²) in [6, 6.07) is 14.7. The number of ether oxygens (including phenoxy) is 1. The zero-order valence-electron chi connectivity index (χ0n) is 16.5. The summed E-state index contributed by atoms with van der Waals surface area (Å²) < 4.78 is 7.75. The minimum Gasteiger partial charge on any atom is -0.497 e. The van der Waals surface area contributed by atoms with Gasteiger partial charge in [0.05, 0.1) is 18.4 Å². The average molecular weight is 456 g/mol. The first-order chi connectivity index (χ1) is 13.9. The molecule has 0 saturated carbocycles. The molecular weight excluding hydrogens is 434 g/mol. The van der Waals surface area contributed by atoms with Gasteiger partial charge in [0, 0.05) is 10.9 Å². The van der Waals surface area contributed by atoms with E-state index in [0.717, 1.165) is 10.2 Å². The molecule has 1 heterocycles. The number of hydrogen-bond donors (Lipinski definition) is 1. The van der Waals surface area contributed by atoms with Crippen molar-refractivity contribution in [2.24, 2.45) is 0 Å². The van der Waals surface area contributed by atoms with Crippen molar-refractivity contribution in [2.75, 3.05) is 12.4 Å². The maximum absolute atomic E-state index is 13.1. The second kappa shape index (κ2) is 9.05. The van der Waals surface area contributed by atoms with E-state index in [4.69, 9.17) is 4.74 Å². The van der Waals surface area contributed by atoms with Crippen molar-refractivity contribution in [1.82, 2.24) is 9.78 Å². The largest absolute Gasteiger partial charge is 0.497 e. The van der Waals surface area contributed by atoms with Crippen LogP contribution in [0.15, 0.2) is 57.8 Å². The molecule has 0 aliphatic rings. The van der Waals surface area contributed by atoms with Gasteiger partial charge in [-0.05, 0) is 55.3 Å². The Hall–Kier alpha value is -2.93. The van der Waals surface area contributed by atoms with Crippen LogP contribution in [0, 0.1) is 6.92 Å². The number of halogens is 1. The Balaban J connectivity index is 2.27. The van der Waals surface area contributed by atoms with E-state index in [9.17, 15) is 9.59 Å². The molecule has 1 aromatic heterocycles. The molecule has 0 saturated heterocycles. The van der Waals surface area contributed by atoms with Gasteiger partial charge in [-0.15, -0.1) is 0 Å². The Kier molecular flexibility index (Phi) is 6.49. The standard InChI is InChI=1S/C22H22BrN3O3/c1-4-5-19(27)24-22-20(15-6-12-18(29-3)13-7-15)21(28)14(2)25-26(22)17-10-8-16(23)9-11-17/h6-13H,4-5H2,1-3H3,(H,24,27). The van der Waals surface area contributed by atoms with Crippen molar-refractivity contribution < 1.29 is 9.53 Å². The van der Waals surface area contributed by atoms with E-state index in [-0.39, 0.29) is 11.3 Å². The quantitative estimate of drug-likeness (QED) is 0.583. The minimum atomic E-state index is -0.227. The van der Waals surface area contributed by atoms with Gasteiger partial charge in [0.15, 0.2) is 0 Å². The van der Waals surface area contributed by atoms with Crippen molar-refractivity contribution in [3.63, 3.8) is 0 Å². The molecule has 7 heteroatoms. The maximum atomic E-state index is 13.1. The normalized spacial score (nSPS) is 10.6. The topological polar surface area (TPSA) is 73.2 Å². The van der Waals surface area contributed by atoms with Crippen molar-refractivity contribution in [1.29, 1.82) is 0 Å². The molecule has 2 aromatic carbocycles. The van der Waals surface area contributed by atoms with Gasteiger partial charge in [-0.1, -0.05) is 35.0 Å². The molecule has 0 atom stereocenters. The van der Waals surface area contributed by atoms with E-state index in [0.29, 0.717) is 41.2 Å². The van der Waals surface area contributed by atoms with Crippen LogP contribution in [0.5, 0.6) is 5.75 Å². The molecule has 3 aromatic rings. The summed E-state index contributed by atoms with van der Waals surface area (Å²) in [5.74, 6) is 0.869. The highest BCUT2D eigenvalue weighted by Gasteiger charge is 2.20. The number of methoxy groups -OCH3 is 1. The summed E-state index contributed by atoms with van der Waals surface area (Å²) in [5.41, 5.74) is 1.92. The fourth-order valence-electron chi connectivity index (χ4n) is 2.97. The third kappa shape index (κ3) is 4.56. The molecule has 0 bridgehead atoms. The van der Waals surface area contributed by atoms with Gasteiger partial charge in [-0.25, -0.2) is 4.68 Å². The van der Waals surface area contributed by atoms with Gasteiger partial charge < -0.3 is 10.1 Å². The molecule has 0 spiro atoms. The van der Waals surface area contributed by atoms with E-state index < -0.39 is 0 Å². The number of nitrogens with one attached hydrogen (secondary N) is 1. The average Bonchev–Trinajstić information content (AvgIpc) is 2.72. The van der Waals surface area contributed by atoms with Crippen LogP contribution in [-0.2, 0) is 4.79 Å². The van der Waals surface area contributed by atoms with E-state index in [2.05, 4.69) is 26.3 Å². The number of rotatable bonds is 6. The van der Waals surface area contributed by atoms with Crippen molar-refractivity contribution >= 4 is 27.7 Å². The SMILES string of the molecule is CCCC(=O)Nc1c(-c2ccc(OC)cc2)c(=O)c(C)nn1-c1ccc(Br)cc1. The van der Waals surface area contributed by atoms with Crippen LogP contribution in [0.1, 0.15) is 25.5 Å². The molecule has 6 nitrogen and oxygen atoms in total. The molecule has 0 radical (unpaired) electrons. The predicted molar refractivity (Wildman–Crippen MR) is 118 cm³/mol. The molecule has 0 aliphatic heterocycles. The maximum Gasteiger partial charge on any atom is 0.225 e. The highest BCUT2D eigenvalue weighted by molar-refractivity contribution is 9.10. The number of hydrogen-bond acceptors (Lipinski definition) is 4. The first-order valence-corrected chi connectivity index (χ1v) is 10.1. The summed E-state index contributed by atoms with van der Waals surface area (Å²) in [4.78, 5) is 25.5. The van der Waals surface area contributed by atoms with E-state index in [1.165, 1.54) is 0 Å². The Morgan fingerprint density at radius 1 is 1.14 bits per heavy atom. The Morgan fingerprint density at radius 2 is 1.79 bits per heavy atom. The second-order valence-corrected chi connectivity index (χ2v) is 7.47. The zero-order valence-corrected chi connectivity index (χ0v) is 18.1. The molecule has 3 rings (SSSR count). The highest BCUT2D eigenvalue weighted by Crippen LogP contribution is 2.29. The fraction of sp³-hybridized carbons (Fsp3) is 0.227. The fourth-order valence-corrected chi connectivity index (χ4v) is 3.24. The van der Waals surface area contributed by atoms with Crippen molar-refractivity contribution in [3.05, 3.63) is 68.9 Å². The molecule has 150 valence electrons. The first-order valence-electron chi connectivity index (χ1n) is 9.28. The molecule has 1 N–H and O–H groups in total.